The van der Waals surface area contributed by atoms with E-state index in [1.165, 1.54) is 14.0 Å². The minimum atomic E-state index is -4.32. The lowest BCUT2D eigenvalue weighted by Crippen LogP contribution is -2.13. The normalized spacial score (nSPS) is 12.6. The first-order valence-corrected chi connectivity index (χ1v) is 4.35. The summed E-state index contributed by atoms with van der Waals surface area (Å²) in [5.74, 6) is 0.0114. The van der Waals surface area contributed by atoms with Crippen molar-refractivity contribution in [1.29, 1.82) is 0 Å². The van der Waals surface area contributed by atoms with Gasteiger partial charge < -0.3 is 0 Å². The molecule has 0 spiro atoms. The third-order valence-electron chi connectivity index (χ3n) is 2.14. The Morgan fingerprint density at radius 1 is 1.29 bits per heavy atom. The summed E-state index contributed by atoms with van der Waals surface area (Å²) in [6.45, 7) is 5.12. The van der Waals surface area contributed by atoms with Crippen LogP contribution in [0, 0.1) is 6.92 Å². The van der Waals surface area contributed by atoms with E-state index < -0.39 is 11.9 Å². The van der Waals surface area contributed by atoms with Gasteiger partial charge in [0.05, 0.1) is 5.69 Å². The van der Waals surface area contributed by atoms with Gasteiger partial charge in [0.2, 0.25) is 0 Å². The lowest BCUT2D eigenvalue weighted by molar-refractivity contribution is -0.144. The van der Waals surface area contributed by atoms with Crippen molar-refractivity contribution in [1.82, 2.24) is 9.78 Å². The summed E-state index contributed by atoms with van der Waals surface area (Å²) in [5.41, 5.74) is 0.0935. The second-order valence-electron chi connectivity index (χ2n) is 3.63. The molecule has 2 nitrogen and oxygen atoms in total. The summed E-state index contributed by atoms with van der Waals surface area (Å²) in [7, 11) is 1.32. The van der Waals surface area contributed by atoms with E-state index in [-0.39, 0.29) is 11.5 Å². The summed E-state index contributed by atoms with van der Waals surface area (Å²) >= 11 is 0. The quantitative estimate of drug-likeness (QED) is 0.690. The van der Waals surface area contributed by atoms with Crippen molar-refractivity contribution in [2.45, 2.75) is 32.9 Å². The van der Waals surface area contributed by atoms with Gasteiger partial charge in [-0.15, -0.1) is 0 Å². The number of hydrogen-bond donors (Lipinski definition) is 0. The maximum absolute atomic E-state index is 12.5. The molecule has 0 aliphatic rings. The molecule has 5 heteroatoms. The number of aryl methyl sites for hydroxylation is 1. The highest BCUT2D eigenvalue weighted by Gasteiger charge is 2.37. The fraction of sp³-hybridized carbons (Fsp3) is 0.667. The van der Waals surface area contributed by atoms with Crippen molar-refractivity contribution in [3.63, 3.8) is 0 Å². The highest BCUT2D eigenvalue weighted by Crippen LogP contribution is 2.34. The van der Waals surface area contributed by atoms with E-state index in [1.807, 2.05) is 13.8 Å². The van der Waals surface area contributed by atoms with Crippen LogP contribution in [0.1, 0.15) is 36.7 Å². The molecule has 0 saturated heterocycles. The molecule has 1 aromatic heterocycles. The maximum atomic E-state index is 12.5. The number of aromatic nitrogens is 2. The Bertz CT molecular complexity index is 337. The smallest absolute Gasteiger partial charge is 0.263 e. The molecule has 1 rings (SSSR count). The maximum Gasteiger partial charge on any atom is 0.433 e. The second-order valence-corrected chi connectivity index (χ2v) is 3.63. The van der Waals surface area contributed by atoms with Gasteiger partial charge in [-0.05, 0) is 12.8 Å². The van der Waals surface area contributed by atoms with Crippen LogP contribution in [-0.2, 0) is 13.2 Å². The lowest BCUT2D eigenvalue weighted by atomic mass is 10.1. The average molecular weight is 206 g/mol. The molecule has 0 atom stereocenters. The molecule has 0 radical (unpaired) electrons. The van der Waals surface area contributed by atoms with Crippen molar-refractivity contribution in [3.8, 4) is 0 Å². The zero-order valence-corrected chi connectivity index (χ0v) is 8.61. The third kappa shape index (κ3) is 1.76. The van der Waals surface area contributed by atoms with Crippen LogP contribution in [0.15, 0.2) is 0 Å². The Morgan fingerprint density at radius 3 is 2.00 bits per heavy atom. The number of alkyl halides is 3. The topological polar surface area (TPSA) is 17.8 Å². The molecule has 0 amide bonds. The van der Waals surface area contributed by atoms with Crippen molar-refractivity contribution < 1.29 is 13.2 Å². The van der Waals surface area contributed by atoms with Crippen molar-refractivity contribution in [2.75, 3.05) is 0 Å². The van der Waals surface area contributed by atoms with Crippen LogP contribution in [0.3, 0.4) is 0 Å². The van der Waals surface area contributed by atoms with E-state index >= 15 is 0 Å². The van der Waals surface area contributed by atoms with Gasteiger partial charge in [-0.1, -0.05) is 13.8 Å². The lowest BCUT2D eigenvalue weighted by Gasteiger charge is -2.07. The third-order valence-corrected chi connectivity index (χ3v) is 2.14. The largest absolute Gasteiger partial charge is 0.433 e. The number of halogens is 3. The van der Waals surface area contributed by atoms with E-state index in [9.17, 15) is 13.2 Å². The second kappa shape index (κ2) is 3.29. The molecule has 0 fully saturated rings. The number of nitrogens with zero attached hydrogens (tertiary/aromatic N) is 2. The van der Waals surface area contributed by atoms with Crippen LogP contribution in [0.2, 0.25) is 0 Å². The fourth-order valence-electron chi connectivity index (χ4n) is 1.60. The fourth-order valence-corrected chi connectivity index (χ4v) is 1.60. The summed E-state index contributed by atoms with van der Waals surface area (Å²) in [6, 6.07) is 0. The minimum Gasteiger partial charge on any atom is -0.263 e. The first kappa shape index (κ1) is 11.1. The van der Waals surface area contributed by atoms with Gasteiger partial charge >= 0.3 is 6.18 Å². The standard InChI is InChI=1S/C9H13F3N2/c1-5(2)7-6(3)8(9(10,11)12)14(4)13-7/h5H,1-4H3. The van der Waals surface area contributed by atoms with Gasteiger partial charge in [0.25, 0.3) is 0 Å². The van der Waals surface area contributed by atoms with Gasteiger partial charge in [-0.2, -0.15) is 18.3 Å². The van der Waals surface area contributed by atoms with Crippen LogP contribution < -0.4 is 0 Å². The first-order valence-electron chi connectivity index (χ1n) is 4.35. The zero-order valence-electron chi connectivity index (χ0n) is 8.61. The summed E-state index contributed by atoms with van der Waals surface area (Å²) in [5, 5.41) is 3.87. The molecule has 1 heterocycles. The highest BCUT2D eigenvalue weighted by atomic mass is 19.4. The summed E-state index contributed by atoms with van der Waals surface area (Å²) < 4.78 is 38.5. The van der Waals surface area contributed by atoms with Crippen LogP contribution in [-0.4, -0.2) is 9.78 Å². The van der Waals surface area contributed by atoms with Crippen molar-refractivity contribution >= 4 is 0 Å². The van der Waals surface area contributed by atoms with Gasteiger partial charge in [-0.25, -0.2) is 0 Å². The van der Waals surface area contributed by atoms with Crippen molar-refractivity contribution in [3.05, 3.63) is 17.0 Å². The zero-order chi connectivity index (χ0) is 11.1. The minimum absolute atomic E-state index is 0.0114. The van der Waals surface area contributed by atoms with Crippen molar-refractivity contribution in [2.24, 2.45) is 7.05 Å². The molecule has 0 aromatic carbocycles. The van der Waals surface area contributed by atoms with Crippen LogP contribution in [0.4, 0.5) is 13.2 Å². The highest BCUT2D eigenvalue weighted by molar-refractivity contribution is 5.28. The first-order chi connectivity index (χ1) is 6.25. The van der Waals surface area contributed by atoms with E-state index in [0.717, 1.165) is 4.68 Å². The monoisotopic (exact) mass is 206 g/mol. The van der Waals surface area contributed by atoms with Gasteiger partial charge in [-0.3, -0.25) is 4.68 Å². The van der Waals surface area contributed by atoms with Crippen LogP contribution >= 0.6 is 0 Å². The predicted octanol–water partition coefficient (Wildman–Crippen LogP) is 2.87. The predicted molar refractivity (Wildman–Crippen MR) is 47.0 cm³/mol. The summed E-state index contributed by atoms with van der Waals surface area (Å²) in [4.78, 5) is 0. The van der Waals surface area contributed by atoms with E-state index in [2.05, 4.69) is 5.10 Å². The molecule has 0 aliphatic heterocycles. The van der Waals surface area contributed by atoms with E-state index in [0.29, 0.717) is 5.69 Å². The number of rotatable bonds is 1. The van der Waals surface area contributed by atoms with Crippen LogP contribution in [0.5, 0.6) is 0 Å². The molecule has 14 heavy (non-hydrogen) atoms. The molecule has 0 aliphatic carbocycles. The van der Waals surface area contributed by atoms with Gasteiger partial charge in [0, 0.05) is 12.6 Å². The number of hydrogen-bond acceptors (Lipinski definition) is 1. The Balaban J connectivity index is 3.33. The summed E-state index contributed by atoms with van der Waals surface area (Å²) in [6.07, 6.45) is -4.32. The molecular formula is C9H13F3N2. The molecular weight excluding hydrogens is 193 g/mol. The Kier molecular flexibility index (Phi) is 2.61. The molecule has 1 aromatic rings. The molecule has 0 bridgehead atoms. The Morgan fingerprint density at radius 2 is 1.79 bits per heavy atom. The SMILES string of the molecule is Cc1c(C(C)C)nn(C)c1C(F)(F)F. The molecule has 0 N–H and O–H groups in total. The Hall–Kier alpha value is -1.00. The van der Waals surface area contributed by atoms with Crippen LogP contribution in [0.25, 0.3) is 0 Å². The van der Waals surface area contributed by atoms with Gasteiger partial charge in [0.1, 0.15) is 5.69 Å². The van der Waals surface area contributed by atoms with E-state index in [1.54, 1.807) is 0 Å². The molecule has 80 valence electrons. The molecule has 0 saturated carbocycles. The average Bonchev–Trinajstić information content (AvgIpc) is 2.24. The van der Waals surface area contributed by atoms with E-state index in [4.69, 9.17) is 0 Å². The van der Waals surface area contributed by atoms with Gasteiger partial charge in [0.15, 0.2) is 0 Å². The molecule has 0 unspecified atom stereocenters. The Labute approximate surface area is 80.7 Å².